The summed E-state index contributed by atoms with van der Waals surface area (Å²) in [6, 6.07) is 10.9. The monoisotopic (exact) mass is 509 g/mol. The summed E-state index contributed by atoms with van der Waals surface area (Å²) in [5, 5.41) is 33.8. The number of hydrogen-bond donors (Lipinski definition) is 4. The molecule has 4 rings (SSSR count). The van der Waals surface area contributed by atoms with E-state index in [-0.39, 0.29) is 23.6 Å². The van der Waals surface area contributed by atoms with Crippen LogP contribution in [-0.2, 0) is 19.9 Å². The number of rotatable bonds is 6. The van der Waals surface area contributed by atoms with E-state index in [1.807, 2.05) is 18.2 Å². The molecule has 0 bridgehead atoms. The molecule has 0 saturated heterocycles. The van der Waals surface area contributed by atoms with Gasteiger partial charge in [-0.05, 0) is 23.5 Å². The second-order valence-electron chi connectivity index (χ2n) is 9.60. The second kappa shape index (κ2) is 9.06. The maximum absolute atomic E-state index is 11.1. The van der Waals surface area contributed by atoms with Crippen LogP contribution >= 0.6 is 11.6 Å². The third-order valence-corrected chi connectivity index (χ3v) is 6.66. The number of aliphatic hydroxyl groups is 2. The summed E-state index contributed by atoms with van der Waals surface area (Å²) in [7, 11) is -4.15. The minimum atomic E-state index is -4.15. The van der Waals surface area contributed by atoms with Crippen LogP contribution in [0.15, 0.2) is 36.4 Å². The van der Waals surface area contributed by atoms with E-state index < -0.39 is 34.5 Å². The first-order valence-electron chi connectivity index (χ1n) is 10.8. The van der Waals surface area contributed by atoms with Gasteiger partial charge in [0.2, 0.25) is 0 Å². The zero-order valence-electron chi connectivity index (χ0n) is 19.0. The Kier molecular flexibility index (Phi) is 6.62. The highest BCUT2D eigenvalue weighted by molar-refractivity contribution is 7.84. The zero-order valence-corrected chi connectivity index (χ0v) is 20.6. The quantitative estimate of drug-likeness (QED) is 0.368. The number of aliphatic hydroxyl groups excluding tert-OH is 2. The first kappa shape index (κ1) is 24.8. The van der Waals surface area contributed by atoms with Crippen molar-refractivity contribution in [3.05, 3.63) is 47.1 Å². The van der Waals surface area contributed by atoms with Crippen molar-refractivity contribution in [2.45, 2.75) is 50.9 Å². The molecule has 1 fully saturated rings. The number of anilines is 1. The van der Waals surface area contributed by atoms with Gasteiger partial charge in [0, 0.05) is 23.6 Å². The van der Waals surface area contributed by atoms with Gasteiger partial charge in [-0.25, -0.2) is 10.1 Å². The van der Waals surface area contributed by atoms with Crippen LogP contribution in [0, 0.1) is 5.92 Å². The molecule has 0 spiro atoms. The van der Waals surface area contributed by atoms with Crippen molar-refractivity contribution in [3.63, 3.8) is 0 Å². The molecule has 5 N–H and O–H groups in total. The number of hydrogen-bond acceptors (Lipinski definition) is 8. The lowest BCUT2D eigenvalue weighted by atomic mass is 9.86. The summed E-state index contributed by atoms with van der Waals surface area (Å²) in [5.74, 6) is -0.163. The van der Waals surface area contributed by atoms with Crippen LogP contribution in [0.1, 0.15) is 32.8 Å². The average molecular weight is 510 g/mol. The fourth-order valence-corrected chi connectivity index (χ4v) is 4.69. The molecule has 3 aromatic rings. The summed E-state index contributed by atoms with van der Waals surface area (Å²) in [6.45, 7) is 6.09. The molecular formula is C22H28ClN5O5S. The number of fused-ring (bicyclic) bond motifs is 1. The molecular weight excluding hydrogens is 482 g/mol. The Morgan fingerprint density at radius 2 is 1.97 bits per heavy atom. The summed E-state index contributed by atoms with van der Waals surface area (Å²) in [4.78, 5) is 4.35. The maximum atomic E-state index is 11.1. The van der Waals surface area contributed by atoms with Crippen molar-refractivity contribution in [1.82, 2.24) is 14.6 Å². The van der Waals surface area contributed by atoms with Crippen LogP contribution in [0.2, 0.25) is 5.15 Å². The van der Waals surface area contributed by atoms with Crippen LogP contribution in [0.3, 0.4) is 0 Å². The van der Waals surface area contributed by atoms with Crippen molar-refractivity contribution < 1.29 is 22.8 Å². The lowest BCUT2D eigenvalue weighted by Crippen LogP contribution is -2.36. The summed E-state index contributed by atoms with van der Waals surface area (Å²) < 4.78 is 28.4. The molecule has 0 radical (unpaired) electrons. The Morgan fingerprint density at radius 1 is 1.24 bits per heavy atom. The number of nitrogens with zero attached hydrogens (tertiary/aromatic N) is 3. The number of halogens is 1. The number of nitrogens with two attached hydrogens (primary N) is 1. The highest BCUT2D eigenvalue weighted by Gasteiger charge is 2.42. The molecule has 4 atom stereocenters. The fraction of sp³-hybridized carbons (Fsp3) is 0.455. The van der Waals surface area contributed by atoms with Gasteiger partial charge in [-0.1, -0.05) is 50.6 Å². The molecule has 1 aliphatic carbocycles. The van der Waals surface area contributed by atoms with Gasteiger partial charge in [0.25, 0.3) is 0 Å². The van der Waals surface area contributed by atoms with E-state index in [9.17, 15) is 18.6 Å². The van der Waals surface area contributed by atoms with Gasteiger partial charge in [0.1, 0.15) is 17.1 Å². The summed E-state index contributed by atoms with van der Waals surface area (Å²) >= 11 is 6.24. The van der Waals surface area contributed by atoms with Gasteiger partial charge in [-0.2, -0.15) is 18.0 Å². The highest BCUT2D eigenvalue weighted by atomic mass is 35.5. The van der Waals surface area contributed by atoms with Crippen LogP contribution in [0.25, 0.3) is 16.9 Å². The lowest BCUT2D eigenvalue weighted by molar-refractivity contribution is 0.00777. The van der Waals surface area contributed by atoms with Crippen LogP contribution in [0.5, 0.6) is 0 Å². The predicted octanol–water partition coefficient (Wildman–Crippen LogP) is 2.09. The molecule has 1 saturated carbocycles. The number of nitrogens with one attached hydrogen (secondary N) is 1. The lowest BCUT2D eigenvalue weighted by Gasteiger charge is -2.19. The van der Waals surface area contributed by atoms with Gasteiger partial charge in [0.15, 0.2) is 5.65 Å². The van der Waals surface area contributed by atoms with Crippen LogP contribution in [0.4, 0.5) is 5.82 Å². The van der Waals surface area contributed by atoms with E-state index in [0.29, 0.717) is 17.2 Å². The molecule has 34 heavy (non-hydrogen) atoms. The van der Waals surface area contributed by atoms with Crippen molar-refractivity contribution in [3.8, 4) is 11.3 Å². The molecule has 1 aromatic carbocycles. The minimum absolute atomic E-state index is 0.0215. The Hall–Kier alpha value is -2.28. The molecule has 0 amide bonds. The van der Waals surface area contributed by atoms with E-state index in [0.717, 1.165) is 5.56 Å². The van der Waals surface area contributed by atoms with E-state index in [2.05, 4.69) is 52.5 Å². The number of benzene rings is 1. The van der Waals surface area contributed by atoms with Crippen molar-refractivity contribution in [2.75, 3.05) is 11.9 Å². The second-order valence-corrected chi connectivity index (χ2v) is 11.2. The largest absolute Gasteiger partial charge is 0.390 e. The molecule has 0 unspecified atom stereocenters. The third-order valence-electron chi connectivity index (χ3n) is 6.00. The third kappa shape index (κ3) is 5.35. The maximum Gasteiger partial charge on any atom is 0.333 e. The van der Waals surface area contributed by atoms with Crippen molar-refractivity contribution in [1.29, 1.82) is 0 Å². The van der Waals surface area contributed by atoms with Gasteiger partial charge in [-0.3, -0.25) is 4.18 Å². The Labute approximate surface area is 203 Å². The molecule has 12 heteroatoms. The van der Waals surface area contributed by atoms with Gasteiger partial charge in [-0.15, -0.1) is 0 Å². The van der Waals surface area contributed by atoms with Gasteiger partial charge < -0.3 is 15.5 Å². The molecule has 0 aliphatic heterocycles. The molecule has 2 heterocycles. The van der Waals surface area contributed by atoms with E-state index in [1.165, 1.54) is 5.56 Å². The Morgan fingerprint density at radius 3 is 2.65 bits per heavy atom. The van der Waals surface area contributed by atoms with E-state index in [4.69, 9.17) is 16.7 Å². The van der Waals surface area contributed by atoms with Gasteiger partial charge in [0.05, 0.1) is 24.4 Å². The Balaban J connectivity index is 1.62. The van der Waals surface area contributed by atoms with Crippen molar-refractivity contribution >= 4 is 33.4 Å². The smallest absolute Gasteiger partial charge is 0.333 e. The summed E-state index contributed by atoms with van der Waals surface area (Å²) in [6.07, 6.45) is -2.13. The topological polar surface area (TPSA) is 152 Å². The fourth-order valence-electron chi connectivity index (χ4n) is 4.14. The molecule has 184 valence electrons. The summed E-state index contributed by atoms with van der Waals surface area (Å²) in [5.41, 5.74) is 3.29. The van der Waals surface area contributed by atoms with Crippen LogP contribution < -0.4 is 10.5 Å². The minimum Gasteiger partial charge on any atom is -0.390 e. The normalized spacial score (nSPS) is 23.5. The molecule has 1 aliphatic rings. The first-order chi connectivity index (χ1) is 15.8. The Bertz CT molecular complexity index is 1310. The van der Waals surface area contributed by atoms with Crippen molar-refractivity contribution in [2.24, 2.45) is 11.1 Å². The van der Waals surface area contributed by atoms with Crippen LogP contribution in [-0.4, -0.2) is 58.1 Å². The molecule has 2 aromatic heterocycles. The number of aromatic nitrogens is 3. The van der Waals surface area contributed by atoms with E-state index >= 15 is 0 Å². The molecule has 10 nitrogen and oxygen atoms in total. The average Bonchev–Trinajstić information content (AvgIpc) is 3.28. The predicted molar refractivity (Wildman–Crippen MR) is 129 cm³/mol. The highest BCUT2D eigenvalue weighted by Crippen LogP contribution is 2.32. The van der Waals surface area contributed by atoms with E-state index in [1.54, 1.807) is 10.6 Å². The standard InChI is InChI=1S/C22H28ClN5O5S/c1-22(2,3)14-6-4-5-12(7-14)15-9-18-26-17(23)10-19(28(18)27-15)25-16-8-13(20(29)21(16)30)11-33-34(24,31)32/h4-7,9-10,13,16,20-21,25,29-30H,8,11H2,1-3H3,(H2,24,31,32)/t13-,16-,20-,21+/m1/s1. The first-order valence-corrected chi connectivity index (χ1v) is 12.6. The zero-order chi connectivity index (χ0) is 24.8. The SMILES string of the molecule is CC(C)(C)c1cccc(-c2cc3nc(Cl)cc(N[C@@H]4C[C@H](COS(N)(=O)=O)[C@@H](O)[C@H]4O)n3n2)c1. The van der Waals surface area contributed by atoms with Gasteiger partial charge >= 0.3 is 10.3 Å².